The fourth-order valence-corrected chi connectivity index (χ4v) is 2.20. The van der Waals surface area contributed by atoms with Gasteiger partial charge >= 0.3 is 0 Å². The van der Waals surface area contributed by atoms with Gasteiger partial charge in [0.1, 0.15) is 0 Å². The zero-order valence-corrected chi connectivity index (χ0v) is 10.2. The first-order valence-corrected chi connectivity index (χ1v) is 6.01. The molecule has 0 aromatic heterocycles. The molecule has 1 atom stereocenters. The molecule has 0 bridgehead atoms. The highest BCUT2D eigenvalue weighted by Crippen LogP contribution is 2.28. The highest BCUT2D eigenvalue weighted by molar-refractivity contribution is 5.57. The second kappa shape index (κ2) is 4.69. The summed E-state index contributed by atoms with van der Waals surface area (Å²) < 4.78 is 0. The Kier molecular flexibility index (Phi) is 3.28. The van der Waals surface area contributed by atoms with E-state index in [1.165, 1.54) is 18.4 Å². The van der Waals surface area contributed by atoms with Crippen LogP contribution in [0.5, 0.6) is 0 Å². The third kappa shape index (κ3) is 2.43. The van der Waals surface area contributed by atoms with Crippen LogP contribution in [0.2, 0.25) is 0 Å². The molecule has 2 rings (SSSR count). The van der Waals surface area contributed by atoms with Crippen molar-refractivity contribution in [3.63, 3.8) is 0 Å². The van der Waals surface area contributed by atoms with E-state index in [1.54, 1.807) is 0 Å². The van der Waals surface area contributed by atoms with Crippen LogP contribution in [0.3, 0.4) is 0 Å². The van der Waals surface area contributed by atoms with E-state index in [1.807, 2.05) is 6.21 Å². The van der Waals surface area contributed by atoms with E-state index in [4.69, 9.17) is 0 Å². The Labute approximate surface area is 98.0 Å². The van der Waals surface area contributed by atoms with Crippen LogP contribution in [0.25, 0.3) is 0 Å². The molecule has 2 nitrogen and oxygen atoms in total. The molecule has 1 aliphatic heterocycles. The zero-order chi connectivity index (χ0) is 11.4. The fourth-order valence-electron chi connectivity index (χ4n) is 2.20. The Bertz CT molecular complexity index is 358. The maximum atomic E-state index is 4.40. The molecule has 1 aliphatic rings. The lowest BCUT2D eigenvalue weighted by atomic mass is 9.87. The Balaban J connectivity index is 1.97. The SMILES string of the molecule is CN1N=CCCC1(C)CCc1ccccc1. The lowest BCUT2D eigenvalue weighted by molar-refractivity contribution is 0.114. The minimum Gasteiger partial charge on any atom is -0.295 e. The number of aryl methyl sites for hydroxylation is 1. The Hall–Kier alpha value is -1.31. The summed E-state index contributed by atoms with van der Waals surface area (Å²) in [6.07, 6.45) is 6.64. The van der Waals surface area contributed by atoms with Crippen LogP contribution in [-0.4, -0.2) is 23.8 Å². The van der Waals surface area contributed by atoms with E-state index in [0.717, 1.165) is 12.8 Å². The van der Waals surface area contributed by atoms with E-state index in [-0.39, 0.29) is 5.54 Å². The molecule has 0 amide bonds. The smallest absolute Gasteiger partial charge is 0.0554 e. The first kappa shape index (κ1) is 11.2. The van der Waals surface area contributed by atoms with Crippen LogP contribution in [0.4, 0.5) is 0 Å². The van der Waals surface area contributed by atoms with Gasteiger partial charge in [-0.3, -0.25) is 5.01 Å². The number of hydrazone groups is 1. The highest BCUT2D eigenvalue weighted by atomic mass is 15.5. The summed E-state index contributed by atoms with van der Waals surface area (Å²) >= 11 is 0. The minimum absolute atomic E-state index is 0.227. The molecule has 1 unspecified atom stereocenters. The van der Waals surface area contributed by atoms with Gasteiger partial charge in [0.2, 0.25) is 0 Å². The predicted molar refractivity (Wildman–Crippen MR) is 68.7 cm³/mol. The second-order valence-corrected chi connectivity index (χ2v) is 4.84. The van der Waals surface area contributed by atoms with E-state index in [9.17, 15) is 0 Å². The van der Waals surface area contributed by atoms with Crippen molar-refractivity contribution >= 4 is 6.21 Å². The van der Waals surface area contributed by atoms with Gasteiger partial charge < -0.3 is 0 Å². The van der Waals surface area contributed by atoms with Crippen molar-refractivity contribution in [1.29, 1.82) is 0 Å². The van der Waals surface area contributed by atoms with Gasteiger partial charge in [-0.15, -0.1) is 0 Å². The van der Waals surface area contributed by atoms with Crippen molar-refractivity contribution < 1.29 is 0 Å². The molecular weight excluding hydrogens is 196 g/mol. The van der Waals surface area contributed by atoms with Crippen molar-refractivity contribution in [2.24, 2.45) is 5.10 Å². The Morgan fingerprint density at radius 3 is 2.75 bits per heavy atom. The number of benzene rings is 1. The lowest BCUT2D eigenvalue weighted by Gasteiger charge is -2.39. The number of hydrogen-bond donors (Lipinski definition) is 0. The molecule has 0 fully saturated rings. The topological polar surface area (TPSA) is 15.6 Å². The van der Waals surface area contributed by atoms with Crippen molar-refractivity contribution in [2.45, 2.75) is 38.1 Å². The molecule has 0 radical (unpaired) electrons. The van der Waals surface area contributed by atoms with Crippen LogP contribution < -0.4 is 0 Å². The molecule has 86 valence electrons. The highest BCUT2D eigenvalue weighted by Gasteiger charge is 2.29. The molecule has 1 heterocycles. The maximum Gasteiger partial charge on any atom is 0.0554 e. The van der Waals surface area contributed by atoms with Gasteiger partial charge in [0.25, 0.3) is 0 Å². The monoisotopic (exact) mass is 216 g/mol. The number of rotatable bonds is 3. The van der Waals surface area contributed by atoms with Gasteiger partial charge in [-0.2, -0.15) is 5.10 Å². The maximum absolute atomic E-state index is 4.40. The summed E-state index contributed by atoms with van der Waals surface area (Å²) in [5, 5.41) is 6.53. The Morgan fingerprint density at radius 1 is 1.31 bits per heavy atom. The average molecular weight is 216 g/mol. The fraction of sp³-hybridized carbons (Fsp3) is 0.500. The second-order valence-electron chi connectivity index (χ2n) is 4.84. The molecule has 1 aromatic carbocycles. The summed E-state index contributed by atoms with van der Waals surface area (Å²) in [5.74, 6) is 0. The molecule has 2 heteroatoms. The van der Waals surface area contributed by atoms with E-state index in [0.29, 0.717) is 0 Å². The van der Waals surface area contributed by atoms with Crippen LogP contribution in [0.15, 0.2) is 35.4 Å². The summed E-state index contributed by atoms with van der Waals surface area (Å²) in [5.41, 5.74) is 1.65. The standard InChI is InChI=1S/C14H20N2/c1-14(10-6-12-15-16(14)2)11-9-13-7-4-3-5-8-13/h3-5,7-8,12H,6,9-11H2,1-2H3. The lowest BCUT2D eigenvalue weighted by Crippen LogP contribution is -2.43. The largest absolute Gasteiger partial charge is 0.295 e. The van der Waals surface area contributed by atoms with Crippen LogP contribution in [0, 0.1) is 0 Å². The van der Waals surface area contributed by atoms with Gasteiger partial charge in [0, 0.05) is 13.3 Å². The van der Waals surface area contributed by atoms with Gasteiger partial charge in [0.05, 0.1) is 5.54 Å². The first-order chi connectivity index (χ1) is 7.71. The van der Waals surface area contributed by atoms with Crippen molar-refractivity contribution in [3.8, 4) is 0 Å². The normalized spacial score (nSPS) is 24.8. The third-order valence-corrected chi connectivity index (χ3v) is 3.64. The van der Waals surface area contributed by atoms with E-state index in [2.05, 4.69) is 54.4 Å². The number of hydrogen-bond acceptors (Lipinski definition) is 2. The van der Waals surface area contributed by atoms with E-state index >= 15 is 0 Å². The first-order valence-electron chi connectivity index (χ1n) is 6.01. The molecule has 16 heavy (non-hydrogen) atoms. The minimum atomic E-state index is 0.227. The molecule has 1 aromatic rings. The average Bonchev–Trinajstić information content (AvgIpc) is 2.32. The van der Waals surface area contributed by atoms with Crippen LogP contribution in [-0.2, 0) is 6.42 Å². The summed E-state index contributed by atoms with van der Waals surface area (Å²) in [4.78, 5) is 0. The van der Waals surface area contributed by atoms with Crippen LogP contribution in [0.1, 0.15) is 31.7 Å². The van der Waals surface area contributed by atoms with Crippen LogP contribution >= 0.6 is 0 Å². The number of nitrogens with zero attached hydrogens (tertiary/aromatic N) is 2. The molecule has 0 saturated heterocycles. The van der Waals surface area contributed by atoms with Gasteiger partial charge in [-0.1, -0.05) is 30.3 Å². The van der Waals surface area contributed by atoms with Gasteiger partial charge in [0.15, 0.2) is 0 Å². The predicted octanol–water partition coefficient (Wildman–Crippen LogP) is 3.09. The molecule has 0 N–H and O–H groups in total. The molecule has 0 saturated carbocycles. The summed E-state index contributed by atoms with van der Waals surface area (Å²) in [6, 6.07) is 10.7. The molecule has 0 aliphatic carbocycles. The van der Waals surface area contributed by atoms with Gasteiger partial charge in [-0.25, -0.2) is 0 Å². The summed E-state index contributed by atoms with van der Waals surface area (Å²) in [7, 11) is 2.08. The van der Waals surface area contributed by atoms with Crippen molar-refractivity contribution in [3.05, 3.63) is 35.9 Å². The van der Waals surface area contributed by atoms with Crippen molar-refractivity contribution in [2.75, 3.05) is 7.05 Å². The third-order valence-electron chi connectivity index (χ3n) is 3.64. The summed E-state index contributed by atoms with van der Waals surface area (Å²) in [6.45, 7) is 2.31. The zero-order valence-electron chi connectivity index (χ0n) is 10.2. The Morgan fingerprint density at radius 2 is 2.06 bits per heavy atom. The quantitative estimate of drug-likeness (QED) is 0.758. The van der Waals surface area contributed by atoms with E-state index < -0.39 is 0 Å². The molecule has 0 spiro atoms. The molecular formula is C14H20N2. The van der Waals surface area contributed by atoms with Gasteiger partial charge in [-0.05, 0) is 38.2 Å². The van der Waals surface area contributed by atoms with Crippen molar-refractivity contribution in [1.82, 2.24) is 5.01 Å².